The number of pyridine rings is 1. The highest BCUT2D eigenvalue weighted by Crippen LogP contribution is 2.26. The molecule has 0 spiro atoms. The van der Waals surface area contributed by atoms with Crippen LogP contribution in [0.4, 0.5) is 5.69 Å². The number of carbonyl (C=O) groups is 1. The molecule has 25 heavy (non-hydrogen) atoms. The molecule has 0 saturated heterocycles. The Balaban J connectivity index is 1.96. The number of amides is 1. The van der Waals surface area contributed by atoms with Crippen LogP contribution in [0.1, 0.15) is 31.0 Å². The average Bonchev–Trinajstić information content (AvgIpc) is 2.98. The van der Waals surface area contributed by atoms with Gasteiger partial charge in [-0.3, -0.25) is 4.79 Å². The fourth-order valence-corrected chi connectivity index (χ4v) is 2.93. The van der Waals surface area contributed by atoms with Gasteiger partial charge >= 0.3 is 0 Å². The number of aryl methyl sites for hydroxylation is 2. The molecule has 5 nitrogen and oxygen atoms in total. The minimum absolute atomic E-state index is 0.0123. The molecule has 0 bridgehead atoms. The molecule has 0 atom stereocenters. The van der Waals surface area contributed by atoms with Crippen LogP contribution >= 0.6 is 0 Å². The van der Waals surface area contributed by atoms with Crippen molar-refractivity contribution >= 4 is 17.2 Å². The summed E-state index contributed by atoms with van der Waals surface area (Å²) in [5.74, 6) is -0.0123. The van der Waals surface area contributed by atoms with Gasteiger partial charge < -0.3 is 15.5 Å². The fraction of sp³-hybridized carbons (Fsp3) is 0.300. The first kappa shape index (κ1) is 17.2. The van der Waals surface area contributed by atoms with E-state index in [1.807, 2.05) is 18.3 Å². The Morgan fingerprint density at radius 1 is 1.20 bits per heavy atom. The van der Waals surface area contributed by atoms with Gasteiger partial charge in [0, 0.05) is 18.2 Å². The van der Waals surface area contributed by atoms with Crippen LogP contribution < -0.4 is 11.1 Å². The normalized spacial score (nSPS) is 11.0. The van der Waals surface area contributed by atoms with E-state index in [1.54, 1.807) is 0 Å². The van der Waals surface area contributed by atoms with Crippen LogP contribution in [0.3, 0.4) is 0 Å². The number of aromatic nitrogens is 2. The zero-order valence-electron chi connectivity index (χ0n) is 14.7. The Kier molecular flexibility index (Phi) is 5.14. The minimum Gasteiger partial charge on any atom is -0.330 e. The number of hydrogen-bond acceptors (Lipinski definition) is 3. The molecule has 3 aromatic rings. The van der Waals surface area contributed by atoms with Crippen molar-refractivity contribution in [3.8, 4) is 11.3 Å². The van der Waals surface area contributed by atoms with Crippen molar-refractivity contribution in [2.45, 2.75) is 33.1 Å². The van der Waals surface area contributed by atoms with E-state index in [9.17, 15) is 4.79 Å². The van der Waals surface area contributed by atoms with Crippen molar-refractivity contribution in [3.05, 3.63) is 53.9 Å². The molecule has 3 rings (SSSR count). The van der Waals surface area contributed by atoms with Crippen molar-refractivity contribution in [2.24, 2.45) is 5.73 Å². The summed E-state index contributed by atoms with van der Waals surface area (Å²) >= 11 is 0. The largest absolute Gasteiger partial charge is 0.330 e. The van der Waals surface area contributed by atoms with Gasteiger partial charge in [-0.15, -0.1) is 0 Å². The summed E-state index contributed by atoms with van der Waals surface area (Å²) in [5.41, 5.74) is 11.6. The smallest absolute Gasteiger partial charge is 0.224 e. The fourth-order valence-electron chi connectivity index (χ4n) is 2.93. The monoisotopic (exact) mass is 336 g/mol. The van der Waals surface area contributed by atoms with E-state index < -0.39 is 0 Å². The molecule has 0 aliphatic carbocycles. The zero-order chi connectivity index (χ0) is 17.8. The number of hydrogen-bond donors (Lipinski definition) is 2. The van der Waals surface area contributed by atoms with Gasteiger partial charge in [-0.1, -0.05) is 36.8 Å². The van der Waals surface area contributed by atoms with E-state index in [-0.39, 0.29) is 5.91 Å². The first-order valence-electron chi connectivity index (χ1n) is 8.70. The van der Waals surface area contributed by atoms with Crippen LogP contribution in [-0.4, -0.2) is 21.8 Å². The number of rotatable bonds is 6. The standard InChI is InChI=1S/C20H24N4O/c1-3-17-20(15-8-6-14(2)7-9-15)23-18-11-10-16(13-24(17)18)22-19(25)5-4-12-21/h6-11,13H,3-5,12,21H2,1-2H3,(H,22,25). The molecule has 0 radical (unpaired) electrons. The molecule has 1 aromatic carbocycles. The summed E-state index contributed by atoms with van der Waals surface area (Å²) in [7, 11) is 0. The van der Waals surface area contributed by atoms with Crippen molar-refractivity contribution in [1.82, 2.24) is 9.38 Å². The van der Waals surface area contributed by atoms with Crippen LogP contribution in [-0.2, 0) is 11.2 Å². The lowest BCUT2D eigenvalue weighted by molar-refractivity contribution is -0.116. The molecule has 0 fully saturated rings. The SMILES string of the molecule is CCc1c(-c2ccc(C)cc2)nc2ccc(NC(=O)CCCN)cn12. The highest BCUT2D eigenvalue weighted by molar-refractivity contribution is 5.90. The average molecular weight is 336 g/mol. The van der Waals surface area contributed by atoms with E-state index in [0.29, 0.717) is 19.4 Å². The maximum atomic E-state index is 11.9. The van der Waals surface area contributed by atoms with E-state index in [0.717, 1.165) is 34.7 Å². The van der Waals surface area contributed by atoms with Gasteiger partial charge in [0.2, 0.25) is 5.91 Å². The molecule has 0 aliphatic rings. The van der Waals surface area contributed by atoms with Gasteiger partial charge in [0.15, 0.2) is 0 Å². The van der Waals surface area contributed by atoms with Crippen LogP contribution in [0.15, 0.2) is 42.6 Å². The third-order valence-corrected chi connectivity index (χ3v) is 4.27. The highest BCUT2D eigenvalue weighted by atomic mass is 16.1. The molecule has 130 valence electrons. The second-order valence-corrected chi connectivity index (χ2v) is 6.21. The van der Waals surface area contributed by atoms with Crippen LogP contribution in [0.25, 0.3) is 16.9 Å². The van der Waals surface area contributed by atoms with Gasteiger partial charge in [-0.25, -0.2) is 4.98 Å². The lowest BCUT2D eigenvalue weighted by Crippen LogP contribution is -2.13. The molecular weight excluding hydrogens is 312 g/mol. The lowest BCUT2D eigenvalue weighted by atomic mass is 10.1. The summed E-state index contributed by atoms with van der Waals surface area (Å²) in [6.07, 6.45) is 3.93. The lowest BCUT2D eigenvalue weighted by Gasteiger charge is -2.07. The Morgan fingerprint density at radius 2 is 1.96 bits per heavy atom. The number of anilines is 1. The number of fused-ring (bicyclic) bond motifs is 1. The second-order valence-electron chi connectivity index (χ2n) is 6.21. The maximum Gasteiger partial charge on any atom is 0.224 e. The summed E-state index contributed by atoms with van der Waals surface area (Å²) in [5, 5.41) is 2.93. The van der Waals surface area contributed by atoms with Gasteiger partial charge in [-0.05, 0) is 38.4 Å². The van der Waals surface area contributed by atoms with E-state index in [4.69, 9.17) is 10.7 Å². The molecule has 0 saturated carbocycles. The third kappa shape index (κ3) is 3.72. The molecule has 2 heterocycles. The maximum absolute atomic E-state index is 11.9. The highest BCUT2D eigenvalue weighted by Gasteiger charge is 2.13. The van der Waals surface area contributed by atoms with Crippen LogP contribution in [0.5, 0.6) is 0 Å². The molecule has 0 aliphatic heterocycles. The van der Waals surface area contributed by atoms with E-state index >= 15 is 0 Å². The van der Waals surface area contributed by atoms with E-state index in [2.05, 4.69) is 47.8 Å². The van der Waals surface area contributed by atoms with Crippen molar-refractivity contribution in [1.29, 1.82) is 0 Å². The van der Waals surface area contributed by atoms with Gasteiger partial charge in [0.25, 0.3) is 0 Å². The topological polar surface area (TPSA) is 72.4 Å². The zero-order valence-corrected chi connectivity index (χ0v) is 14.7. The van der Waals surface area contributed by atoms with E-state index in [1.165, 1.54) is 5.56 Å². The van der Waals surface area contributed by atoms with Crippen LogP contribution in [0.2, 0.25) is 0 Å². The Bertz CT molecular complexity index is 881. The predicted molar refractivity (Wildman–Crippen MR) is 102 cm³/mol. The van der Waals surface area contributed by atoms with Crippen molar-refractivity contribution in [2.75, 3.05) is 11.9 Å². The summed E-state index contributed by atoms with van der Waals surface area (Å²) < 4.78 is 2.06. The summed E-state index contributed by atoms with van der Waals surface area (Å²) in [6.45, 7) is 4.72. The Labute approximate surface area is 147 Å². The number of carbonyl (C=O) groups excluding carboxylic acids is 1. The van der Waals surface area contributed by atoms with Crippen LogP contribution in [0, 0.1) is 6.92 Å². The quantitative estimate of drug-likeness (QED) is 0.723. The van der Waals surface area contributed by atoms with Gasteiger partial charge in [0.1, 0.15) is 5.65 Å². The number of nitrogens with zero attached hydrogens (tertiary/aromatic N) is 2. The molecule has 1 amide bonds. The molecule has 0 unspecified atom stereocenters. The summed E-state index contributed by atoms with van der Waals surface area (Å²) in [6, 6.07) is 12.2. The molecule has 2 aromatic heterocycles. The summed E-state index contributed by atoms with van der Waals surface area (Å²) in [4.78, 5) is 16.7. The molecule has 3 N–H and O–H groups in total. The number of nitrogens with two attached hydrogens (primary N) is 1. The second kappa shape index (κ2) is 7.49. The Morgan fingerprint density at radius 3 is 2.64 bits per heavy atom. The molecular formula is C20H24N4O. The minimum atomic E-state index is -0.0123. The third-order valence-electron chi connectivity index (χ3n) is 4.27. The number of imidazole rings is 1. The van der Waals surface area contributed by atoms with Gasteiger partial charge in [-0.2, -0.15) is 0 Å². The number of benzene rings is 1. The van der Waals surface area contributed by atoms with Crippen molar-refractivity contribution in [3.63, 3.8) is 0 Å². The van der Waals surface area contributed by atoms with Crippen molar-refractivity contribution < 1.29 is 4.79 Å². The van der Waals surface area contributed by atoms with Gasteiger partial charge in [0.05, 0.1) is 17.1 Å². The Hall–Kier alpha value is -2.66. The molecule has 5 heteroatoms. The first-order valence-corrected chi connectivity index (χ1v) is 8.70. The first-order chi connectivity index (χ1) is 12.1. The predicted octanol–water partition coefficient (Wildman–Crippen LogP) is 3.55. The number of nitrogens with one attached hydrogen (secondary N) is 1.